The fourth-order valence-electron chi connectivity index (χ4n) is 1.69. The summed E-state index contributed by atoms with van der Waals surface area (Å²) in [4.78, 5) is -0.0734. The Morgan fingerprint density at radius 3 is 2.42 bits per heavy atom. The van der Waals surface area contributed by atoms with E-state index in [4.69, 9.17) is 5.73 Å². The molecule has 0 aromatic heterocycles. The summed E-state index contributed by atoms with van der Waals surface area (Å²) in [6.45, 7) is 2.69. The lowest BCUT2D eigenvalue weighted by Gasteiger charge is -2.17. The molecule has 1 aromatic rings. The van der Waals surface area contributed by atoms with Gasteiger partial charge in [0, 0.05) is 11.7 Å². The minimum Gasteiger partial charge on any atom is -0.399 e. The lowest BCUT2D eigenvalue weighted by molar-refractivity contribution is -0.137. The Hall–Kier alpha value is -1.28. The largest absolute Gasteiger partial charge is 0.399 e. The summed E-state index contributed by atoms with van der Waals surface area (Å²) in [5.41, 5.74) is 6.26. The van der Waals surface area contributed by atoms with E-state index < -0.39 is 28.7 Å². The zero-order valence-corrected chi connectivity index (χ0v) is 11.3. The third-order valence-electron chi connectivity index (χ3n) is 2.38. The molecule has 0 heterocycles. The van der Waals surface area contributed by atoms with E-state index in [-0.39, 0.29) is 4.90 Å². The van der Waals surface area contributed by atoms with Crippen molar-refractivity contribution in [2.45, 2.75) is 37.4 Å². The maximum absolute atomic E-state index is 12.2. The van der Waals surface area contributed by atoms with Crippen LogP contribution in [-0.2, 0) is 10.0 Å². The van der Waals surface area contributed by atoms with Crippen molar-refractivity contribution in [1.29, 1.82) is 0 Å². The summed E-state index contributed by atoms with van der Waals surface area (Å²) < 4.78 is 62.4. The molecule has 0 radical (unpaired) electrons. The Morgan fingerprint density at radius 2 is 1.95 bits per heavy atom. The van der Waals surface area contributed by atoms with E-state index >= 15 is 0 Å². The number of nitrogen functional groups attached to an aromatic ring is 1. The van der Waals surface area contributed by atoms with Crippen LogP contribution < -0.4 is 10.5 Å². The standard InChI is InChI=1S/C11H15F3N2O2S/c1-7-5-9(15)3-4-10(7)19(17,18)16-8(2)6-11(12,13)14/h3-5,8,16H,6,15H2,1-2H3. The Balaban J connectivity index is 2.93. The minimum atomic E-state index is -4.42. The van der Waals surface area contributed by atoms with Gasteiger partial charge in [0.25, 0.3) is 0 Å². The van der Waals surface area contributed by atoms with Crippen LogP contribution in [0.4, 0.5) is 18.9 Å². The van der Waals surface area contributed by atoms with Crippen LogP contribution in [0.15, 0.2) is 23.1 Å². The number of rotatable bonds is 4. The molecule has 108 valence electrons. The van der Waals surface area contributed by atoms with Crippen LogP contribution in [0, 0.1) is 6.92 Å². The first-order valence-electron chi connectivity index (χ1n) is 5.46. The van der Waals surface area contributed by atoms with Crippen LogP contribution in [0.25, 0.3) is 0 Å². The molecule has 0 aliphatic rings. The van der Waals surface area contributed by atoms with Crippen LogP contribution in [0.1, 0.15) is 18.9 Å². The molecule has 0 saturated carbocycles. The molecule has 0 saturated heterocycles. The lowest BCUT2D eigenvalue weighted by atomic mass is 10.2. The van der Waals surface area contributed by atoms with Crippen molar-refractivity contribution >= 4 is 15.7 Å². The van der Waals surface area contributed by atoms with Crippen LogP contribution in [0.2, 0.25) is 0 Å². The number of anilines is 1. The predicted molar refractivity (Wildman–Crippen MR) is 66.0 cm³/mol. The highest BCUT2D eigenvalue weighted by molar-refractivity contribution is 7.89. The van der Waals surface area contributed by atoms with Gasteiger partial charge in [0.05, 0.1) is 11.3 Å². The van der Waals surface area contributed by atoms with E-state index in [9.17, 15) is 21.6 Å². The summed E-state index contributed by atoms with van der Waals surface area (Å²) in [5.74, 6) is 0. The van der Waals surface area contributed by atoms with Gasteiger partial charge in [-0.05, 0) is 37.6 Å². The Bertz CT molecular complexity index is 556. The average Bonchev–Trinajstić information content (AvgIpc) is 2.11. The summed E-state index contributed by atoms with van der Waals surface area (Å²) >= 11 is 0. The van der Waals surface area contributed by atoms with Crippen LogP contribution >= 0.6 is 0 Å². The van der Waals surface area contributed by atoms with Crippen molar-refractivity contribution in [3.05, 3.63) is 23.8 Å². The molecule has 4 nitrogen and oxygen atoms in total. The maximum atomic E-state index is 12.2. The number of benzene rings is 1. The second kappa shape index (κ2) is 5.38. The SMILES string of the molecule is Cc1cc(N)ccc1S(=O)(=O)NC(C)CC(F)(F)F. The van der Waals surface area contributed by atoms with Gasteiger partial charge in [0.2, 0.25) is 10.0 Å². The molecule has 3 N–H and O–H groups in total. The molecule has 0 bridgehead atoms. The van der Waals surface area contributed by atoms with Crippen molar-refractivity contribution in [1.82, 2.24) is 4.72 Å². The molecule has 1 atom stereocenters. The Kier molecular flexibility index (Phi) is 4.46. The summed E-state index contributed by atoms with van der Waals surface area (Å²) in [6.07, 6.45) is -5.64. The maximum Gasteiger partial charge on any atom is 0.390 e. The molecule has 0 fully saturated rings. The molecule has 19 heavy (non-hydrogen) atoms. The van der Waals surface area contributed by atoms with Crippen LogP contribution in [-0.4, -0.2) is 20.6 Å². The topological polar surface area (TPSA) is 72.2 Å². The normalized spacial score (nSPS) is 14.4. The van der Waals surface area contributed by atoms with Gasteiger partial charge < -0.3 is 5.73 Å². The van der Waals surface area contributed by atoms with E-state index in [0.29, 0.717) is 11.3 Å². The van der Waals surface area contributed by atoms with Gasteiger partial charge >= 0.3 is 6.18 Å². The van der Waals surface area contributed by atoms with E-state index in [0.717, 1.165) is 6.92 Å². The molecule has 0 aliphatic carbocycles. The molecule has 1 unspecified atom stereocenters. The molecular formula is C11H15F3N2O2S. The van der Waals surface area contributed by atoms with Crippen molar-refractivity contribution < 1.29 is 21.6 Å². The van der Waals surface area contributed by atoms with Gasteiger partial charge in [-0.15, -0.1) is 0 Å². The van der Waals surface area contributed by atoms with Gasteiger partial charge in [-0.2, -0.15) is 13.2 Å². The first-order valence-corrected chi connectivity index (χ1v) is 6.95. The zero-order valence-electron chi connectivity index (χ0n) is 10.5. The number of halogens is 3. The van der Waals surface area contributed by atoms with E-state index in [1.807, 2.05) is 4.72 Å². The lowest BCUT2D eigenvalue weighted by Crippen LogP contribution is -2.36. The molecule has 1 rings (SSSR count). The van der Waals surface area contributed by atoms with Crippen molar-refractivity contribution in [3.8, 4) is 0 Å². The van der Waals surface area contributed by atoms with Crippen molar-refractivity contribution in [3.63, 3.8) is 0 Å². The minimum absolute atomic E-state index is 0.0734. The quantitative estimate of drug-likeness (QED) is 0.837. The van der Waals surface area contributed by atoms with Crippen LogP contribution in [0.3, 0.4) is 0 Å². The smallest absolute Gasteiger partial charge is 0.390 e. The van der Waals surface area contributed by atoms with Crippen molar-refractivity contribution in [2.75, 3.05) is 5.73 Å². The fraction of sp³-hybridized carbons (Fsp3) is 0.455. The molecule has 1 aromatic carbocycles. The van der Waals surface area contributed by atoms with Gasteiger partial charge in [0.1, 0.15) is 0 Å². The van der Waals surface area contributed by atoms with E-state index in [2.05, 4.69) is 0 Å². The number of hydrogen-bond acceptors (Lipinski definition) is 3. The highest BCUT2D eigenvalue weighted by atomic mass is 32.2. The summed E-state index contributed by atoms with van der Waals surface area (Å²) in [5, 5.41) is 0. The second-order valence-electron chi connectivity index (χ2n) is 4.37. The molecule has 0 aliphatic heterocycles. The number of nitrogens with one attached hydrogen (secondary N) is 1. The summed E-state index contributed by atoms with van der Waals surface area (Å²) in [6, 6.07) is 2.87. The highest BCUT2D eigenvalue weighted by Crippen LogP contribution is 2.23. The highest BCUT2D eigenvalue weighted by Gasteiger charge is 2.32. The van der Waals surface area contributed by atoms with Gasteiger partial charge in [0.15, 0.2) is 0 Å². The first kappa shape index (κ1) is 15.8. The molecule has 0 amide bonds. The first-order chi connectivity index (χ1) is 8.51. The monoisotopic (exact) mass is 296 g/mol. The van der Waals surface area contributed by atoms with E-state index in [1.54, 1.807) is 0 Å². The fourth-order valence-corrected chi connectivity index (χ4v) is 3.16. The zero-order chi connectivity index (χ0) is 14.8. The molecule has 8 heteroatoms. The van der Waals surface area contributed by atoms with E-state index in [1.165, 1.54) is 25.1 Å². The van der Waals surface area contributed by atoms with Gasteiger partial charge in [-0.25, -0.2) is 13.1 Å². The average molecular weight is 296 g/mol. The van der Waals surface area contributed by atoms with Crippen molar-refractivity contribution in [2.24, 2.45) is 0 Å². The molecular weight excluding hydrogens is 281 g/mol. The number of aryl methyl sites for hydroxylation is 1. The van der Waals surface area contributed by atoms with Crippen LogP contribution in [0.5, 0.6) is 0 Å². The Labute approximate surface area is 109 Å². The van der Waals surface area contributed by atoms with Gasteiger partial charge in [-0.3, -0.25) is 0 Å². The Morgan fingerprint density at radius 1 is 1.37 bits per heavy atom. The third-order valence-corrected chi connectivity index (χ3v) is 4.13. The number of alkyl halides is 3. The van der Waals surface area contributed by atoms with Gasteiger partial charge in [-0.1, -0.05) is 0 Å². The second-order valence-corrected chi connectivity index (χ2v) is 6.05. The molecule has 0 spiro atoms. The number of hydrogen-bond donors (Lipinski definition) is 2. The predicted octanol–water partition coefficient (Wildman–Crippen LogP) is 2.20. The number of nitrogens with two attached hydrogens (primary N) is 1. The third kappa shape index (κ3) is 4.71. The number of sulfonamides is 1. The summed E-state index contributed by atoms with van der Waals surface area (Å²) in [7, 11) is -3.98.